The number of benzene rings is 2. The average molecular weight is 638 g/mol. The van der Waals surface area contributed by atoms with Gasteiger partial charge in [-0.05, 0) is 56.7 Å². The molecule has 2 aromatic heterocycles. The number of aromatic nitrogens is 3. The van der Waals surface area contributed by atoms with Gasteiger partial charge in [0.25, 0.3) is 0 Å². The van der Waals surface area contributed by atoms with Gasteiger partial charge in [-0.1, -0.05) is 18.2 Å². The second-order valence-electron chi connectivity index (χ2n) is 11.2. The third kappa shape index (κ3) is 5.32. The van der Waals surface area contributed by atoms with Crippen LogP contribution in [0.5, 0.6) is 5.75 Å². The molecule has 3 atom stereocenters. The number of ether oxygens (including phenoxy) is 1. The first-order valence-electron chi connectivity index (χ1n) is 14.2. The highest BCUT2D eigenvalue weighted by Crippen LogP contribution is 2.45. The lowest BCUT2D eigenvalue weighted by Crippen LogP contribution is -2.58. The van der Waals surface area contributed by atoms with Crippen LogP contribution in [0, 0.1) is 18.6 Å². The summed E-state index contributed by atoms with van der Waals surface area (Å²) in [5, 5.41) is 0.516. The van der Waals surface area contributed by atoms with Crippen LogP contribution >= 0.6 is 23.4 Å². The second kappa shape index (κ2) is 11.9. The first-order chi connectivity index (χ1) is 21.1. The molecule has 0 bridgehead atoms. The first kappa shape index (κ1) is 30.1. The molecule has 2 aliphatic heterocycles. The molecule has 8 nitrogen and oxygen atoms in total. The van der Waals surface area contributed by atoms with Crippen LogP contribution < -0.4 is 15.3 Å². The van der Waals surface area contributed by atoms with Crippen LogP contribution in [0.1, 0.15) is 19.4 Å². The molecule has 2 aliphatic rings. The summed E-state index contributed by atoms with van der Waals surface area (Å²) in [5.41, 5.74) is 1.50. The Morgan fingerprint density at radius 1 is 1.11 bits per heavy atom. The maximum absolute atomic E-state index is 15.4. The molecule has 12 heteroatoms. The zero-order chi connectivity index (χ0) is 31.3. The molecular formula is C32H30ClF2N5O3S. The van der Waals surface area contributed by atoms with E-state index in [2.05, 4.69) is 16.5 Å². The Labute approximate surface area is 262 Å². The molecule has 0 spiro atoms. The Morgan fingerprint density at radius 2 is 1.82 bits per heavy atom. The molecule has 0 aliphatic carbocycles. The van der Waals surface area contributed by atoms with Gasteiger partial charge in [0.05, 0.1) is 17.1 Å². The number of hydrogen-bond acceptors (Lipinski definition) is 7. The molecule has 44 heavy (non-hydrogen) atoms. The van der Waals surface area contributed by atoms with Crippen LogP contribution in [-0.2, 0) is 11.3 Å². The molecule has 2 aromatic carbocycles. The number of hydrogen-bond donors (Lipinski definition) is 0. The lowest BCUT2D eigenvalue weighted by atomic mass is 9.97. The molecule has 1 saturated heterocycles. The standard InChI is InChI=1S/C32H30ClF2N5O3S/c1-5-27(41)40-18(3)13-38(14-19(40)4)31-23-10-17(2)28(22-11-24(33)26(35)12-25(22)34)30-29(23)39(32(42)37-31)15-21(16-44-30)43-20-6-8-36-9-7-20/h5-12,18-19,21H,1,13-16H2,2-4H3/t18-,19+,21-/m0/s1. The molecule has 0 saturated carbocycles. The van der Waals surface area contributed by atoms with Crippen molar-refractivity contribution in [3.05, 3.63) is 88.1 Å². The number of carbonyl (C=O) groups is 1. The summed E-state index contributed by atoms with van der Waals surface area (Å²) >= 11 is 7.58. The molecule has 0 radical (unpaired) electrons. The quantitative estimate of drug-likeness (QED) is 0.200. The summed E-state index contributed by atoms with van der Waals surface area (Å²) in [6.45, 7) is 10.5. The maximum atomic E-state index is 15.4. The summed E-state index contributed by atoms with van der Waals surface area (Å²) in [7, 11) is 0. The SMILES string of the molecule is C=CC(=O)N1[C@H](C)CN(c2nc(=O)n3c4c(c(-c5cc(Cl)c(F)cc5F)c(C)cc24)SC[C@@H](Oc2ccncc2)C3)C[C@@H]1C. The van der Waals surface area contributed by atoms with Crippen molar-refractivity contribution in [1.82, 2.24) is 19.4 Å². The van der Waals surface area contributed by atoms with E-state index in [0.717, 1.165) is 11.5 Å². The fraction of sp³-hybridized carbons (Fsp3) is 0.312. The van der Waals surface area contributed by atoms with E-state index in [1.54, 1.807) is 34.0 Å². The van der Waals surface area contributed by atoms with E-state index in [1.165, 1.54) is 23.9 Å². The highest BCUT2D eigenvalue weighted by Gasteiger charge is 2.35. The van der Waals surface area contributed by atoms with Crippen LogP contribution in [0.3, 0.4) is 0 Å². The van der Waals surface area contributed by atoms with Gasteiger partial charge in [0.15, 0.2) is 0 Å². The number of aryl methyl sites for hydroxylation is 1. The minimum atomic E-state index is -0.851. The number of nitrogens with zero attached hydrogens (tertiary/aromatic N) is 5. The number of amides is 1. The monoisotopic (exact) mass is 637 g/mol. The van der Waals surface area contributed by atoms with Crippen molar-refractivity contribution in [3.63, 3.8) is 0 Å². The minimum Gasteiger partial charge on any atom is -0.488 e. The van der Waals surface area contributed by atoms with E-state index < -0.39 is 23.4 Å². The third-order valence-electron chi connectivity index (χ3n) is 8.07. The van der Waals surface area contributed by atoms with Gasteiger partial charge in [-0.25, -0.2) is 13.6 Å². The smallest absolute Gasteiger partial charge is 0.350 e. The van der Waals surface area contributed by atoms with E-state index in [4.69, 9.17) is 16.3 Å². The number of thioether (sulfide) groups is 1. The van der Waals surface area contributed by atoms with Crippen molar-refractivity contribution in [2.45, 2.75) is 50.4 Å². The summed E-state index contributed by atoms with van der Waals surface area (Å²) in [5.74, 6) is -0.216. The van der Waals surface area contributed by atoms with E-state index in [1.807, 2.05) is 31.7 Å². The van der Waals surface area contributed by atoms with Crippen molar-refractivity contribution >= 4 is 46.0 Å². The van der Waals surface area contributed by atoms with Crippen molar-refractivity contribution in [2.24, 2.45) is 0 Å². The van der Waals surface area contributed by atoms with Gasteiger partial charge in [-0.2, -0.15) is 4.98 Å². The molecule has 6 rings (SSSR count). The molecule has 228 valence electrons. The van der Waals surface area contributed by atoms with Gasteiger partial charge in [0.2, 0.25) is 5.91 Å². The average Bonchev–Trinajstić information content (AvgIpc) is 3.17. The van der Waals surface area contributed by atoms with Gasteiger partial charge >= 0.3 is 5.69 Å². The molecule has 4 aromatic rings. The Bertz CT molecular complexity index is 1840. The Morgan fingerprint density at radius 3 is 2.50 bits per heavy atom. The Kier molecular flexibility index (Phi) is 8.10. The van der Waals surface area contributed by atoms with E-state index in [9.17, 15) is 14.0 Å². The number of rotatable bonds is 5. The predicted molar refractivity (Wildman–Crippen MR) is 169 cm³/mol. The topological polar surface area (TPSA) is 80.6 Å². The predicted octanol–water partition coefficient (Wildman–Crippen LogP) is 5.86. The summed E-state index contributed by atoms with van der Waals surface area (Å²) in [4.78, 5) is 39.5. The lowest BCUT2D eigenvalue weighted by Gasteiger charge is -2.44. The lowest BCUT2D eigenvalue weighted by molar-refractivity contribution is -0.130. The van der Waals surface area contributed by atoms with Gasteiger partial charge < -0.3 is 14.5 Å². The zero-order valence-electron chi connectivity index (χ0n) is 24.4. The number of pyridine rings is 1. The second-order valence-corrected chi connectivity index (χ2v) is 12.6. The Hall–Kier alpha value is -3.96. The van der Waals surface area contributed by atoms with E-state index >= 15 is 4.39 Å². The van der Waals surface area contributed by atoms with Crippen molar-refractivity contribution in [1.29, 1.82) is 0 Å². The summed E-state index contributed by atoms with van der Waals surface area (Å²) < 4.78 is 37.4. The van der Waals surface area contributed by atoms with Crippen molar-refractivity contribution < 1.29 is 18.3 Å². The normalized spacial score (nSPS) is 20.0. The van der Waals surface area contributed by atoms with Gasteiger partial charge in [0.1, 0.15) is 29.3 Å². The summed E-state index contributed by atoms with van der Waals surface area (Å²) in [6.07, 6.45) is 4.14. The van der Waals surface area contributed by atoms with Crippen LogP contribution in [0.25, 0.3) is 22.0 Å². The van der Waals surface area contributed by atoms with E-state index in [-0.39, 0.29) is 35.1 Å². The van der Waals surface area contributed by atoms with E-state index in [0.29, 0.717) is 51.9 Å². The molecular weight excluding hydrogens is 608 g/mol. The van der Waals surface area contributed by atoms with Crippen molar-refractivity contribution in [3.8, 4) is 16.9 Å². The number of anilines is 1. The Balaban J connectivity index is 1.55. The molecule has 0 unspecified atom stereocenters. The van der Waals surface area contributed by atoms with Gasteiger partial charge in [0, 0.05) is 70.8 Å². The van der Waals surface area contributed by atoms with Crippen LogP contribution in [0.2, 0.25) is 5.02 Å². The van der Waals surface area contributed by atoms with Crippen LogP contribution in [-0.4, -0.2) is 62.4 Å². The van der Waals surface area contributed by atoms with Crippen LogP contribution in [0.15, 0.2) is 65.1 Å². The highest BCUT2D eigenvalue weighted by atomic mass is 35.5. The fourth-order valence-electron chi connectivity index (χ4n) is 6.27. The number of carbonyl (C=O) groups excluding carboxylic acids is 1. The largest absolute Gasteiger partial charge is 0.488 e. The number of halogens is 3. The molecule has 1 fully saturated rings. The molecule has 1 amide bonds. The van der Waals surface area contributed by atoms with Crippen LogP contribution in [0.4, 0.5) is 14.6 Å². The highest BCUT2D eigenvalue weighted by molar-refractivity contribution is 7.99. The minimum absolute atomic E-state index is 0.142. The van der Waals surface area contributed by atoms with Gasteiger partial charge in [-0.3, -0.25) is 14.3 Å². The first-order valence-corrected chi connectivity index (χ1v) is 15.6. The van der Waals surface area contributed by atoms with Crippen molar-refractivity contribution in [2.75, 3.05) is 23.7 Å². The number of piperazine rings is 1. The maximum Gasteiger partial charge on any atom is 0.350 e. The third-order valence-corrected chi connectivity index (χ3v) is 9.59. The summed E-state index contributed by atoms with van der Waals surface area (Å²) in [6, 6.07) is 7.12. The van der Waals surface area contributed by atoms with Gasteiger partial charge in [-0.15, -0.1) is 11.8 Å². The molecule has 4 heterocycles. The fourth-order valence-corrected chi connectivity index (χ4v) is 7.73. The zero-order valence-corrected chi connectivity index (χ0v) is 26.0. The molecule has 0 N–H and O–H groups in total.